The van der Waals surface area contributed by atoms with Crippen molar-refractivity contribution in [1.82, 2.24) is 24.2 Å². The zero-order chi connectivity index (χ0) is 21.0. The minimum atomic E-state index is -3.61. The lowest BCUT2D eigenvalue weighted by Crippen LogP contribution is -2.29. The molecule has 0 atom stereocenters. The summed E-state index contributed by atoms with van der Waals surface area (Å²) in [4.78, 5) is 12.9. The van der Waals surface area contributed by atoms with Crippen molar-refractivity contribution in [3.05, 3.63) is 53.9 Å². The zero-order valence-electron chi connectivity index (χ0n) is 16.8. The van der Waals surface area contributed by atoms with Crippen LogP contribution in [0.5, 0.6) is 5.75 Å². The Morgan fingerprint density at radius 3 is 2.52 bits per heavy atom. The third-order valence-electron chi connectivity index (χ3n) is 4.55. The van der Waals surface area contributed by atoms with E-state index in [-0.39, 0.29) is 11.4 Å². The molecule has 154 valence electrons. The van der Waals surface area contributed by atoms with E-state index in [1.54, 1.807) is 38.6 Å². The summed E-state index contributed by atoms with van der Waals surface area (Å²) >= 11 is 0. The second-order valence-electron chi connectivity index (χ2n) is 6.50. The Morgan fingerprint density at radius 1 is 1.07 bits per heavy atom. The first-order valence-corrected chi connectivity index (χ1v) is 10.5. The minimum absolute atomic E-state index is 0.200. The van der Waals surface area contributed by atoms with Crippen molar-refractivity contribution >= 4 is 15.8 Å². The number of nitrogens with one attached hydrogen (secondary N) is 2. The number of methoxy groups -OCH3 is 1. The van der Waals surface area contributed by atoms with E-state index in [1.165, 1.54) is 12.4 Å². The SMILES string of the molecule is COc1ccc(S(=O)(=O)NCCNc2cc(-n3cnc(C)c3C)ncn2)cc1C. The summed E-state index contributed by atoms with van der Waals surface area (Å²) in [6.07, 6.45) is 3.17. The fourth-order valence-corrected chi connectivity index (χ4v) is 3.90. The van der Waals surface area contributed by atoms with Crippen LogP contribution >= 0.6 is 0 Å². The van der Waals surface area contributed by atoms with Gasteiger partial charge in [-0.2, -0.15) is 0 Å². The van der Waals surface area contributed by atoms with Gasteiger partial charge in [-0.25, -0.2) is 28.1 Å². The Hall–Kier alpha value is -2.98. The number of rotatable bonds is 8. The summed E-state index contributed by atoms with van der Waals surface area (Å²) in [5.74, 6) is 1.93. The molecule has 0 radical (unpaired) electrons. The van der Waals surface area contributed by atoms with Gasteiger partial charge in [0.2, 0.25) is 10.0 Å². The Balaban J connectivity index is 1.60. The number of hydrogen-bond donors (Lipinski definition) is 2. The van der Waals surface area contributed by atoms with E-state index in [2.05, 4.69) is 25.0 Å². The lowest BCUT2D eigenvalue weighted by Gasteiger charge is -2.11. The largest absolute Gasteiger partial charge is 0.496 e. The number of sulfonamides is 1. The lowest BCUT2D eigenvalue weighted by molar-refractivity contribution is 0.411. The van der Waals surface area contributed by atoms with Crippen LogP contribution < -0.4 is 14.8 Å². The van der Waals surface area contributed by atoms with Crippen LogP contribution in [0.25, 0.3) is 5.82 Å². The molecule has 29 heavy (non-hydrogen) atoms. The summed E-state index contributed by atoms with van der Waals surface area (Å²) < 4.78 is 34.5. The second kappa shape index (κ2) is 8.58. The van der Waals surface area contributed by atoms with Gasteiger partial charge in [0, 0.05) is 24.8 Å². The number of hydrogen-bond acceptors (Lipinski definition) is 7. The van der Waals surface area contributed by atoms with Gasteiger partial charge in [0.1, 0.15) is 30.0 Å². The van der Waals surface area contributed by atoms with Gasteiger partial charge in [-0.05, 0) is 44.5 Å². The highest BCUT2D eigenvalue weighted by molar-refractivity contribution is 7.89. The average molecular weight is 417 g/mol. The predicted octanol–water partition coefficient (Wildman–Crippen LogP) is 1.99. The quantitative estimate of drug-likeness (QED) is 0.540. The molecule has 9 nitrogen and oxygen atoms in total. The van der Waals surface area contributed by atoms with Crippen molar-refractivity contribution in [3.63, 3.8) is 0 Å². The molecular weight excluding hydrogens is 392 g/mol. The zero-order valence-corrected chi connectivity index (χ0v) is 17.6. The van der Waals surface area contributed by atoms with Gasteiger partial charge in [0.15, 0.2) is 0 Å². The molecule has 3 rings (SSSR count). The van der Waals surface area contributed by atoms with E-state index >= 15 is 0 Å². The number of aromatic nitrogens is 4. The molecule has 10 heteroatoms. The van der Waals surface area contributed by atoms with Gasteiger partial charge in [-0.3, -0.25) is 4.57 Å². The molecule has 0 aliphatic carbocycles. The van der Waals surface area contributed by atoms with Crippen molar-refractivity contribution in [2.45, 2.75) is 25.7 Å². The molecule has 2 aromatic heterocycles. The smallest absolute Gasteiger partial charge is 0.240 e. The minimum Gasteiger partial charge on any atom is -0.496 e. The standard InChI is InChI=1S/C19H24N6O3S/c1-13-9-16(5-6-17(13)28-4)29(26,27)24-8-7-20-18-10-19(22-11-21-18)25-12-23-14(2)15(25)3/h5-6,9-12,24H,7-8H2,1-4H3,(H,20,21,22). The molecule has 0 unspecified atom stereocenters. The molecule has 0 spiro atoms. The normalized spacial score (nSPS) is 11.4. The number of imidazole rings is 1. The fourth-order valence-electron chi connectivity index (χ4n) is 2.78. The van der Waals surface area contributed by atoms with Gasteiger partial charge >= 0.3 is 0 Å². The molecule has 0 saturated heterocycles. The van der Waals surface area contributed by atoms with Crippen LogP contribution in [0.3, 0.4) is 0 Å². The third-order valence-corrected chi connectivity index (χ3v) is 6.01. The van der Waals surface area contributed by atoms with E-state index in [4.69, 9.17) is 4.74 Å². The van der Waals surface area contributed by atoms with Crippen molar-refractivity contribution in [1.29, 1.82) is 0 Å². The van der Waals surface area contributed by atoms with Crippen LogP contribution in [0.15, 0.2) is 41.8 Å². The predicted molar refractivity (Wildman–Crippen MR) is 110 cm³/mol. The number of ether oxygens (including phenoxy) is 1. The van der Waals surface area contributed by atoms with Gasteiger partial charge < -0.3 is 10.1 Å². The lowest BCUT2D eigenvalue weighted by atomic mass is 10.2. The van der Waals surface area contributed by atoms with Crippen LogP contribution in [-0.2, 0) is 10.0 Å². The summed E-state index contributed by atoms with van der Waals surface area (Å²) in [5, 5.41) is 3.10. The van der Waals surface area contributed by atoms with Gasteiger partial charge in [0.05, 0.1) is 17.7 Å². The molecule has 2 N–H and O–H groups in total. The molecule has 0 amide bonds. The molecule has 0 aliphatic rings. The van der Waals surface area contributed by atoms with Gasteiger partial charge in [-0.15, -0.1) is 0 Å². The molecular formula is C19H24N6O3S. The van der Waals surface area contributed by atoms with Crippen molar-refractivity contribution in [2.24, 2.45) is 0 Å². The first-order valence-electron chi connectivity index (χ1n) is 9.03. The summed E-state index contributed by atoms with van der Waals surface area (Å²) in [7, 11) is -2.06. The number of anilines is 1. The summed E-state index contributed by atoms with van der Waals surface area (Å²) in [6.45, 7) is 6.27. The molecule has 3 aromatic rings. The second-order valence-corrected chi connectivity index (χ2v) is 8.27. The average Bonchev–Trinajstić information content (AvgIpc) is 3.04. The Kier molecular flexibility index (Phi) is 6.14. The number of aryl methyl sites for hydroxylation is 2. The Labute approximate surface area is 170 Å². The summed E-state index contributed by atoms with van der Waals surface area (Å²) in [6, 6.07) is 6.54. The summed E-state index contributed by atoms with van der Waals surface area (Å²) in [5.41, 5.74) is 2.69. The highest BCUT2D eigenvalue weighted by Crippen LogP contribution is 2.21. The van der Waals surface area contributed by atoms with E-state index in [9.17, 15) is 8.42 Å². The molecule has 2 heterocycles. The first-order chi connectivity index (χ1) is 13.8. The monoisotopic (exact) mass is 416 g/mol. The van der Waals surface area contributed by atoms with E-state index < -0.39 is 10.0 Å². The molecule has 0 bridgehead atoms. The highest BCUT2D eigenvalue weighted by atomic mass is 32.2. The number of benzene rings is 1. The molecule has 1 aromatic carbocycles. The van der Waals surface area contributed by atoms with Gasteiger partial charge in [0.25, 0.3) is 0 Å². The van der Waals surface area contributed by atoms with E-state index in [0.717, 1.165) is 17.0 Å². The van der Waals surface area contributed by atoms with Crippen LogP contribution in [0.1, 0.15) is 17.0 Å². The maximum Gasteiger partial charge on any atom is 0.240 e. The van der Waals surface area contributed by atoms with Crippen LogP contribution in [-0.4, -0.2) is 48.1 Å². The number of nitrogens with zero attached hydrogens (tertiary/aromatic N) is 4. The topological polar surface area (TPSA) is 111 Å². The van der Waals surface area contributed by atoms with E-state index in [1.807, 2.05) is 18.4 Å². The fraction of sp³-hybridized carbons (Fsp3) is 0.316. The highest BCUT2D eigenvalue weighted by Gasteiger charge is 2.15. The molecule has 0 aliphatic heterocycles. The van der Waals surface area contributed by atoms with Crippen LogP contribution in [0, 0.1) is 20.8 Å². The van der Waals surface area contributed by atoms with Crippen molar-refractivity contribution in [3.8, 4) is 11.6 Å². The molecule has 0 fully saturated rings. The third kappa shape index (κ3) is 4.72. The van der Waals surface area contributed by atoms with Crippen molar-refractivity contribution in [2.75, 3.05) is 25.5 Å². The van der Waals surface area contributed by atoms with Gasteiger partial charge in [-0.1, -0.05) is 0 Å². The first kappa shape index (κ1) is 20.7. The maximum absolute atomic E-state index is 12.5. The van der Waals surface area contributed by atoms with Crippen LogP contribution in [0.4, 0.5) is 5.82 Å². The van der Waals surface area contributed by atoms with Crippen molar-refractivity contribution < 1.29 is 13.2 Å². The Morgan fingerprint density at radius 2 is 1.86 bits per heavy atom. The molecule has 0 saturated carbocycles. The Bertz CT molecular complexity index is 1110. The van der Waals surface area contributed by atoms with E-state index in [0.29, 0.717) is 23.9 Å². The maximum atomic E-state index is 12.5. The van der Waals surface area contributed by atoms with Crippen LogP contribution in [0.2, 0.25) is 0 Å².